The molecule has 1 fully saturated rings. The van der Waals surface area contributed by atoms with Crippen LogP contribution < -0.4 is 4.90 Å². The first-order chi connectivity index (χ1) is 11.6. The van der Waals surface area contributed by atoms with Crippen molar-refractivity contribution in [1.82, 2.24) is 4.90 Å². The number of piperazine rings is 1. The summed E-state index contributed by atoms with van der Waals surface area (Å²) in [5, 5.41) is 0. The molecule has 1 aliphatic heterocycles. The van der Waals surface area contributed by atoms with Gasteiger partial charge in [0.05, 0.1) is 0 Å². The standard InChI is InChI=1S/C21H26N2O/c1-17-8-9-19(16-18(17)2)10-11-21(24)23-14-12-22(13-15-23)20-6-4-3-5-7-20/h3-9,16H,10-15H2,1-2H3. The van der Waals surface area contributed by atoms with Gasteiger partial charge in [-0.3, -0.25) is 4.79 Å². The summed E-state index contributed by atoms with van der Waals surface area (Å²) < 4.78 is 0. The van der Waals surface area contributed by atoms with Gasteiger partial charge in [-0.2, -0.15) is 0 Å². The minimum absolute atomic E-state index is 0.279. The molecule has 0 radical (unpaired) electrons. The van der Waals surface area contributed by atoms with Gasteiger partial charge in [-0.05, 0) is 49.1 Å². The first kappa shape index (κ1) is 16.6. The SMILES string of the molecule is Cc1ccc(CCC(=O)N2CCN(c3ccccc3)CC2)cc1C. The monoisotopic (exact) mass is 322 g/mol. The highest BCUT2D eigenvalue weighted by molar-refractivity contribution is 5.76. The minimum Gasteiger partial charge on any atom is -0.368 e. The van der Waals surface area contributed by atoms with Crippen LogP contribution in [0.4, 0.5) is 5.69 Å². The molecule has 1 aliphatic rings. The molecule has 3 nitrogen and oxygen atoms in total. The number of carbonyl (C=O) groups excluding carboxylic acids is 1. The lowest BCUT2D eigenvalue weighted by atomic mass is 10.0. The minimum atomic E-state index is 0.279. The highest BCUT2D eigenvalue weighted by Crippen LogP contribution is 2.17. The van der Waals surface area contributed by atoms with E-state index in [-0.39, 0.29) is 5.91 Å². The Labute approximate surface area is 144 Å². The number of benzene rings is 2. The highest BCUT2D eigenvalue weighted by atomic mass is 16.2. The van der Waals surface area contributed by atoms with Gasteiger partial charge in [-0.15, -0.1) is 0 Å². The predicted octanol–water partition coefficient (Wildman–Crippen LogP) is 3.58. The van der Waals surface area contributed by atoms with Gasteiger partial charge in [0.1, 0.15) is 0 Å². The van der Waals surface area contributed by atoms with E-state index in [4.69, 9.17) is 0 Å². The van der Waals surface area contributed by atoms with E-state index >= 15 is 0 Å². The van der Waals surface area contributed by atoms with Crippen LogP contribution >= 0.6 is 0 Å². The third-order valence-electron chi connectivity index (χ3n) is 4.95. The molecule has 2 aromatic carbocycles. The van der Waals surface area contributed by atoms with Crippen LogP contribution in [0.5, 0.6) is 0 Å². The first-order valence-corrected chi connectivity index (χ1v) is 8.77. The molecule has 3 heteroatoms. The summed E-state index contributed by atoms with van der Waals surface area (Å²) in [4.78, 5) is 16.8. The third kappa shape index (κ3) is 3.97. The van der Waals surface area contributed by atoms with E-state index in [0.717, 1.165) is 32.6 Å². The van der Waals surface area contributed by atoms with Crippen LogP contribution in [0.1, 0.15) is 23.1 Å². The maximum Gasteiger partial charge on any atom is 0.223 e. The zero-order chi connectivity index (χ0) is 16.9. The average Bonchev–Trinajstić information content (AvgIpc) is 2.63. The Kier molecular flexibility index (Phi) is 5.19. The Hall–Kier alpha value is -2.29. The summed E-state index contributed by atoms with van der Waals surface area (Å²) >= 11 is 0. The fraction of sp³-hybridized carbons (Fsp3) is 0.381. The number of anilines is 1. The molecule has 0 saturated carbocycles. The molecule has 0 N–H and O–H groups in total. The van der Waals surface area contributed by atoms with E-state index in [1.807, 2.05) is 11.0 Å². The van der Waals surface area contributed by atoms with Gasteiger partial charge in [0.25, 0.3) is 0 Å². The van der Waals surface area contributed by atoms with Crippen molar-refractivity contribution in [2.24, 2.45) is 0 Å². The molecule has 0 aromatic heterocycles. The second-order valence-electron chi connectivity index (χ2n) is 6.62. The Balaban J connectivity index is 1.49. The largest absolute Gasteiger partial charge is 0.368 e. The summed E-state index contributed by atoms with van der Waals surface area (Å²) in [5.41, 5.74) is 5.12. The molecule has 126 valence electrons. The van der Waals surface area contributed by atoms with E-state index in [0.29, 0.717) is 6.42 Å². The van der Waals surface area contributed by atoms with Gasteiger partial charge in [0.15, 0.2) is 0 Å². The Morgan fingerprint density at radius 1 is 0.917 bits per heavy atom. The van der Waals surface area contributed by atoms with Crippen molar-refractivity contribution >= 4 is 11.6 Å². The van der Waals surface area contributed by atoms with Crippen molar-refractivity contribution in [3.05, 3.63) is 65.2 Å². The van der Waals surface area contributed by atoms with Crippen molar-refractivity contribution < 1.29 is 4.79 Å². The predicted molar refractivity (Wildman–Crippen MR) is 99.5 cm³/mol. The number of aryl methyl sites for hydroxylation is 3. The second-order valence-corrected chi connectivity index (χ2v) is 6.62. The van der Waals surface area contributed by atoms with Crippen LogP contribution in [0, 0.1) is 13.8 Å². The number of carbonyl (C=O) groups is 1. The smallest absolute Gasteiger partial charge is 0.223 e. The van der Waals surface area contributed by atoms with Crippen molar-refractivity contribution in [1.29, 1.82) is 0 Å². The van der Waals surface area contributed by atoms with Crippen LogP contribution in [0.25, 0.3) is 0 Å². The number of hydrogen-bond donors (Lipinski definition) is 0. The lowest BCUT2D eigenvalue weighted by Crippen LogP contribution is -2.48. The molecule has 24 heavy (non-hydrogen) atoms. The molecule has 1 saturated heterocycles. The van der Waals surface area contributed by atoms with Gasteiger partial charge in [0.2, 0.25) is 5.91 Å². The van der Waals surface area contributed by atoms with Crippen LogP contribution in [0.2, 0.25) is 0 Å². The quantitative estimate of drug-likeness (QED) is 0.859. The molecule has 0 unspecified atom stereocenters. The Morgan fingerprint density at radius 2 is 1.62 bits per heavy atom. The van der Waals surface area contributed by atoms with Gasteiger partial charge in [-0.25, -0.2) is 0 Å². The van der Waals surface area contributed by atoms with Gasteiger partial charge in [-0.1, -0.05) is 36.4 Å². The summed E-state index contributed by atoms with van der Waals surface area (Å²) in [6.45, 7) is 7.72. The normalized spacial score (nSPS) is 14.8. The number of hydrogen-bond acceptors (Lipinski definition) is 2. The van der Waals surface area contributed by atoms with Crippen LogP contribution in [-0.2, 0) is 11.2 Å². The lowest BCUT2D eigenvalue weighted by molar-refractivity contribution is -0.131. The van der Waals surface area contributed by atoms with Crippen molar-refractivity contribution in [2.75, 3.05) is 31.1 Å². The molecular formula is C21H26N2O. The van der Waals surface area contributed by atoms with Crippen LogP contribution in [0.3, 0.4) is 0 Å². The molecular weight excluding hydrogens is 296 g/mol. The van der Waals surface area contributed by atoms with E-state index in [1.165, 1.54) is 22.4 Å². The maximum atomic E-state index is 12.5. The van der Waals surface area contributed by atoms with Crippen molar-refractivity contribution in [3.63, 3.8) is 0 Å². The molecule has 1 amide bonds. The van der Waals surface area contributed by atoms with Crippen LogP contribution in [0.15, 0.2) is 48.5 Å². The fourth-order valence-electron chi connectivity index (χ4n) is 3.22. The van der Waals surface area contributed by atoms with Crippen molar-refractivity contribution in [3.8, 4) is 0 Å². The lowest BCUT2D eigenvalue weighted by Gasteiger charge is -2.36. The molecule has 1 heterocycles. The van der Waals surface area contributed by atoms with Gasteiger partial charge >= 0.3 is 0 Å². The van der Waals surface area contributed by atoms with Crippen molar-refractivity contribution in [2.45, 2.75) is 26.7 Å². The molecule has 2 aromatic rings. The summed E-state index contributed by atoms with van der Waals surface area (Å²) in [5.74, 6) is 0.279. The number of rotatable bonds is 4. The summed E-state index contributed by atoms with van der Waals surface area (Å²) in [6.07, 6.45) is 1.44. The summed E-state index contributed by atoms with van der Waals surface area (Å²) in [7, 11) is 0. The Morgan fingerprint density at radius 3 is 2.29 bits per heavy atom. The molecule has 0 atom stereocenters. The number of amides is 1. The number of nitrogens with zero attached hydrogens (tertiary/aromatic N) is 2. The third-order valence-corrected chi connectivity index (χ3v) is 4.95. The van der Waals surface area contributed by atoms with E-state index in [1.54, 1.807) is 0 Å². The van der Waals surface area contributed by atoms with E-state index < -0.39 is 0 Å². The fourth-order valence-corrected chi connectivity index (χ4v) is 3.22. The van der Waals surface area contributed by atoms with E-state index in [2.05, 4.69) is 61.2 Å². The van der Waals surface area contributed by atoms with E-state index in [9.17, 15) is 4.79 Å². The van der Waals surface area contributed by atoms with Gasteiger partial charge < -0.3 is 9.80 Å². The summed E-state index contributed by atoms with van der Waals surface area (Å²) in [6, 6.07) is 16.9. The Bertz CT molecular complexity index is 688. The molecule has 3 rings (SSSR count). The zero-order valence-corrected chi connectivity index (χ0v) is 14.7. The topological polar surface area (TPSA) is 23.6 Å². The van der Waals surface area contributed by atoms with Crippen LogP contribution in [-0.4, -0.2) is 37.0 Å². The molecule has 0 bridgehead atoms. The highest BCUT2D eigenvalue weighted by Gasteiger charge is 2.20. The molecule has 0 spiro atoms. The van der Waals surface area contributed by atoms with Gasteiger partial charge in [0, 0.05) is 38.3 Å². The average molecular weight is 322 g/mol. The first-order valence-electron chi connectivity index (χ1n) is 8.77. The maximum absolute atomic E-state index is 12.5. The number of para-hydroxylation sites is 1. The zero-order valence-electron chi connectivity index (χ0n) is 14.7. The molecule has 0 aliphatic carbocycles. The second kappa shape index (κ2) is 7.52.